The number of anilines is 2. The van der Waals surface area contributed by atoms with Gasteiger partial charge in [0.25, 0.3) is 5.91 Å². The zero-order valence-corrected chi connectivity index (χ0v) is 19.7. The highest BCUT2D eigenvalue weighted by atomic mass is 32.1. The molecule has 0 spiro atoms. The van der Waals surface area contributed by atoms with Crippen molar-refractivity contribution in [3.05, 3.63) is 106 Å². The molecule has 0 unspecified atom stereocenters. The molecule has 0 radical (unpaired) electrons. The minimum Gasteiger partial charge on any atom is -0.326 e. The maximum absolute atomic E-state index is 12.5. The lowest BCUT2D eigenvalue weighted by molar-refractivity contribution is -0.115. The molecule has 0 fully saturated rings. The van der Waals surface area contributed by atoms with E-state index in [-0.39, 0.29) is 18.2 Å². The molecule has 168 valence electrons. The number of nitrogens with zero attached hydrogens (tertiary/aromatic N) is 2. The van der Waals surface area contributed by atoms with Crippen molar-refractivity contribution in [2.45, 2.75) is 12.8 Å². The highest BCUT2D eigenvalue weighted by Crippen LogP contribution is 2.24. The zero-order valence-electron chi connectivity index (χ0n) is 18.0. The first kappa shape index (κ1) is 21.9. The van der Waals surface area contributed by atoms with Crippen LogP contribution >= 0.6 is 22.7 Å². The third-order valence-electron chi connectivity index (χ3n) is 5.08. The Kier molecular flexibility index (Phi) is 6.42. The Bertz CT molecular complexity index is 1410. The molecular formula is C26H20N4O2S2. The monoisotopic (exact) mass is 484 g/mol. The number of thiazole rings is 2. The molecule has 5 aromatic rings. The van der Waals surface area contributed by atoms with Gasteiger partial charge >= 0.3 is 0 Å². The van der Waals surface area contributed by atoms with E-state index in [9.17, 15) is 9.59 Å². The van der Waals surface area contributed by atoms with Crippen molar-refractivity contribution < 1.29 is 9.59 Å². The predicted molar refractivity (Wildman–Crippen MR) is 138 cm³/mol. The van der Waals surface area contributed by atoms with Crippen LogP contribution in [0.3, 0.4) is 0 Å². The van der Waals surface area contributed by atoms with Crippen molar-refractivity contribution in [1.29, 1.82) is 0 Å². The largest absolute Gasteiger partial charge is 0.326 e. The van der Waals surface area contributed by atoms with Crippen LogP contribution in [0.15, 0.2) is 84.2 Å². The van der Waals surface area contributed by atoms with E-state index in [0.29, 0.717) is 16.4 Å². The molecule has 0 aliphatic carbocycles. The second-order valence-electron chi connectivity index (χ2n) is 7.64. The van der Waals surface area contributed by atoms with Gasteiger partial charge in [-0.1, -0.05) is 42.5 Å². The molecule has 2 aromatic heterocycles. The quantitative estimate of drug-likeness (QED) is 0.307. The minimum atomic E-state index is -0.225. The second-order valence-corrected chi connectivity index (χ2v) is 9.61. The number of aromatic nitrogens is 2. The molecule has 0 saturated heterocycles. The Morgan fingerprint density at radius 2 is 1.59 bits per heavy atom. The Labute approximate surface area is 204 Å². The molecule has 0 aliphatic rings. The average Bonchev–Trinajstić information content (AvgIpc) is 3.46. The second kappa shape index (κ2) is 9.94. The van der Waals surface area contributed by atoms with Crippen LogP contribution in [-0.2, 0) is 17.6 Å². The molecule has 2 amide bonds. The van der Waals surface area contributed by atoms with Crippen LogP contribution in [0.2, 0.25) is 0 Å². The molecule has 6 nitrogen and oxygen atoms in total. The van der Waals surface area contributed by atoms with E-state index in [1.807, 2.05) is 48.5 Å². The lowest BCUT2D eigenvalue weighted by atomic mass is 10.1. The summed E-state index contributed by atoms with van der Waals surface area (Å²) in [6.07, 6.45) is 0.884. The van der Waals surface area contributed by atoms with E-state index < -0.39 is 0 Å². The fraction of sp³-hybridized carbons (Fsp3) is 0.0769. The lowest BCUT2D eigenvalue weighted by Crippen LogP contribution is -2.15. The SMILES string of the molecule is O=C(Cc1csc(NC(=O)c2ccccc2)n1)Nc1ccc(Cc2nc3ccccc3s2)cc1. The molecule has 34 heavy (non-hydrogen) atoms. The predicted octanol–water partition coefficient (Wildman–Crippen LogP) is 5.78. The number of nitrogens with one attached hydrogen (secondary N) is 2. The molecular weight excluding hydrogens is 464 g/mol. The zero-order chi connectivity index (χ0) is 23.3. The highest BCUT2D eigenvalue weighted by molar-refractivity contribution is 7.18. The summed E-state index contributed by atoms with van der Waals surface area (Å²) in [5, 5.41) is 8.99. The van der Waals surface area contributed by atoms with E-state index in [4.69, 9.17) is 0 Å². The van der Waals surface area contributed by atoms with Gasteiger partial charge in [0.2, 0.25) is 5.91 Å². The summed E-state index contributed by atoms with van der Waals surface area (Å²) >= 11 is 3.00. The molecule has 5 rings (SSSR count). The van der Waals surface area contributed by atoms with Crippen molar-refractivity contribution in [2.75, 3.05) is 10.6 Å². The third kappa shape index (κ3) is 5.36. The number of fused-ring (bicyclic) bond motifs is 1. The van der Waals surface area contributed by atoms with Gasteiger partial charge in [-0.05, 0) is 42.0 Å². The smallest absolute Gasteiger partial charge is 0.257 e. The highest BCUT2D eigenvalue weighted by Gasteiger charge is 2.12. The number of carbonyl (C=O) groups excluding carboxylic acids is 2. The number of benzene rings is 3. The van der Waals surface area contributed by atoms with Gasteiger partial charge in [0, 0.05) is 23.1 Å². The van der Waals surface area contributed by atoms with Crippen LogP contribution in [0.4, 0.5) is 10.8 Å². The fourth-order valence-corrected chi connectivity index (χ4v) is 5.16. The summed E-state index contributed by atoms with van der Waals surface area (Å²) in [5.41, 5.74) is 4.05. The molecule has 0 bridgehead atoms. The maximum atomic E-state index is 12.5. The van der Waals surface area contributed by atoms with Crippen molar-refractivity contribution in [3.8, 4) is 0 Å². The van der Waals surface area contributed by atoms with Gasteiger partial charge in [0.1, 0.15) is 0 Å². The summed E-state index contributed by atoms with van der Waals surface area (Å²) in [6.45, 7) is 0. The van der Waals surface area contributed by atoms with Gasteiger partial charge in [0.15, 0.2) is 5.13 Å². The average molecular weight is 485 g/mol. The summed E-state index contributed by atoms with van der Waals surface area (Å²) in [7, 11) is 0. The number of amides is 2. The minimum absolute atomic E-state index is 0.130. The van der Waals surface area contributed by atoms with Crippen LogP contribution in [0.1, 0.15) is 26.6 Å². The van der Waals surface area contributed by atoms with Gasteiger partial charge in [-0.25, -0.2) is 9.97 Å². The normalized spacial score (nSPS) is 10.8. The summed E-state index contributed by atoms with van der Waals surface area (Å²) < 4.78 is 1.19. The molecule has 3 aromatic carbocycles. The van der Waals surface area contributed by atoms with E-state index in [0.717, 1.165) is 28.2 Å². The van der Waals surface area contributed by atoms with E-state index >= 15 is 0 Å². The Morgan fingerprint density at radius 1 is 0.824 bits per heavy atom. The first-order chi connectivity index (χ1) is 16.6. The first-order valence-electron chi connectivity index (χ1n) is 10.7. The van der Waals surface area contributed by atoms with Gasteiger partial charge in [0.05, 0.1) is 27.3 Å². The van der Waals surface area contributed by atoms with Crippen LogP contribution in [0, 0.1) is 0 Å². The van der Waals surface area contributed by atoms with Crippen molar-refractivity contribution in [3.63, 3.8) is 0 Å². The Balaban J connectivity index is 1.14. The van der Waals surface area contributed by atoms with Gasteiger partial charge in [-0.3, -0.25) is 14.9 Å². The number of carbonyl (C=O) groups is 2. The first-order valence-corrected chi connectivity index (χ1v) is 12.4. The third-order valence-corrected chi connectivity index (χ3v) is 6.92. The van der Waals surface area contributed by atoms with E-state index in [2.05, 4.69) is 26.7 Å². The van der Waals surface area contributed by atoms with Crippen LogP contribution in [0.25, 0.3) is 10.2 Å². The summed E-state index contributed by atoms with van der Waals surface area (Å²) in [5.74, 6) is -0.387. The summed E-state index contributed by atoms with van der Waals surface area (Å²) in [6, 6.07) is 24.9. The molecule has 0 saturated carbocycles. The van der Waals surface area contributed by atoms with Crippen molar-refractivity contribution >= 4 is 55.5 Å². The molecule has 2 heterocycles. The molecule has 8 heteroatoms. The molecule has 2 N–H and O–H groups in total. The Hall–Kier alpha value is -3.88. The number of rotatable bonds is 7. The Morgan fingerprint density at radius 3 is 2.38 bits per heavy atom. The van der Waals surface area contributed by atoms with Gasteiger partial charge < -0.3 is 5.32 Å². The molecule has 0 atom stereocenters. The summed E-state index contributed by atoms with van der Waals surface area (Å²) in [4.78, 5) is 33.8. The maximum Gasteiger partial charge on any atom is 0.257 e. The number of para-hydroxylation sites is 1. The number of hydrogen-bond acceptors (Lipinski definition) is 6. The van der Waals surface area contributed by atoms with Crippen LogP contribution in [0.5, 0.6) is 0 Å². The van der Waals surface area contributed by atoms with Crippen LogP contribution in [-0.4, -0.2) is 21.8 Å². The fourth-order valence-electron chi connectivity index (χ4n) is 3.45. The molecule has 0 aliphatic heterocycles. The van der Waals surface area contributed by atoms with Crippen LogP contribution < -0.4 is 10.6 Å². The van der Waals surface area contributed by atoms with E-state index in [1.165, 1.54) is 16.0 Å². The standard InChI is InChI=1S/C26H20N4O2S2/c31-23(15-20-16-33-26(28-20)30-25(32)18-6-2-1-3-7-18)27-19-12-10-17(11-13-19)14-24-29-21-8-4-5-9-22(21)34-24/h1-13,16H,14-15H2,(H,27,31)(H,28,30,32). The topological polar surface area (TPSA) is 84.0 Å². The van der Waals surface area contributed by atoms with Gasteiger partial charge in [-0.2, -0.15) is 0 Å². The van der Waals surface area contributed by atoms with Crippen molar-refractivity contribution in [2.24, 2.45) is 0 Å². The van der Waals surface area contributed by atoms with E-state index in [1.54, 1.807) is 41.0 Å². The number of hydrogen-bond donors (Lipinski definition) is 2. The van der Waals surface area contributed by atoms with Crippen molar-refractivity contribution in [1.82, 2.24) is 9.97 Å². The lowest BCUT2D eigenvalue weighted by Gasteiger charge is -2.05. The van der Waals surface area contributed by atoms with Gasteiger partial charge in [-0.15, -0.1) is 22.7 Å².